The van der Waals surface area contributed by atoms with Crippen LogP contribution in [0.5, 0.6) is 23.0 Å². The summed E-state index contributed by atoms with van der Waals surface area (Å²) >= 11 is 2.06. The number of nitrogens with one attached hydrogen (secondary N) is 2. The van der Waals surface area contributed by atoms with E-state index in [1.54, 1.807) is 60.7 Å². The second kappa shape index (κ2) is 11.6. The van der Waals surface area contributed by atoms with Gasteiger partial charge in [-0.2, -0.15) is 0 Å². The van der Waals surface area contributed by atoms with E-state index in [4.69, 9.17) is 24.2 Å². The number of hydrogen-bond acceptors (Lipinski definition) is 8. The van der Waals surface area contributed by atoms with Crippen LogP contribution in [0.3, 0.4) is 0 Å². The van der Waals surface area contributed by atoms with E-state index in [1.807, 2.05) is 0 Å². The second-order valence-corrected chi connectivity index (χ2v) is 8.70. The first-order valence-corrected chi connectivity index (χ1v) is 11.7. The number of hydrogen-bond donors (Lipinski definition) is 4. The standard InChI is InChI=1S/C25H21IN2O8/c26-15-6-8-19(29)18(12-15)24(21(10-11-23(30)28-32)35-17-4-2-1-3-5-17)36-25(31)27-16-7-9-20-22(13-16)34-14-33-20/h1-13,21,24,29,32H,14H2,(H,27,31)(H,28,30)/b11-10+/t21-,24-/m0/s1. The minimum Gasteiger partial charge on any atom is -0.508 e. The summed E-state index contributed by atoms with van der Waals surface area (Å²) in [5.41, 5.74) is 2.15. The number of fused-ring (bicyclic) bond motifs is 1. The number of anilines is 1. The molecule has 4 rings (SSSR count). The maximum atomic E-state index is 13.0. The lowest BCUT2D eigenvalue weighted by Gasteiger charge is -2.27. The van der Waals surface area contributed by atoms with Crippen LogP contribution in [0, 0.1) is 3.57 Å². The van der Waals surface area contributed by atoms with Crippen molar-refractivity contribution in [2.24, 2.45) is 0 Å². The Balaban J connectivity index is 1.65. The number of rotatable bonds is 8. The van der Waals surface area contributed by atoms with Crippen LogP contribution < -0.4 is 25.0 Å². The summed E-state index contributed by atoms with van der Waals surface area (Å²) in [6.45, 7) is 0.0868. The molecule has 0 unspecified atom stereocenters. The van der Waals surface area contributed by atoms with E-state index >= 15 is 0 Å². The van der Waals surface area contributed by atoms with Gasteiger partial charge in [-0.3, -0.25) is 15.3 Å². The molecule has 0 spiro atoms. The molecular weight excluding hydrogens is 583 g/mol. The van der Waals surface area contributed by atoms with Crippen molar-refractivity contribution in [3.63, 3.8) is 0 Å². The molecule has 1 aliphatic rings. The highest BCUT2D eigenvalue weighted by atomic mass is 127. The van der Waals surface area contributed by atoms with Crippen LogP contribution in [0.4, 0.5) is 10.5 Å². The van der Waals surface area contributed by atoms with E-state index in [2.05, 4.69) is 27.9 Å². The molecule has 10 nitrogen and oxygen atoms in total. The van der Waals surface area contributed by atoms with Gasteiger partial charge >= 0.3 is 6.09 Å². The average Bonchev–Trinajstić information content (AvgIpc) is 3.35. The summed E-state index contributed by atoms with van der Waals surface area (Å²) in [4.78, 5) is 24.7. The highest BCUT2D eigenvalue weighted by Crippen LogP contribution is 2.36. The molecule has 2 atom stereocenters. The zero-order chi connectivity index (χ0) is 25.5. The third-order valence-electron chi connectivity index (χ3n) is 5.01. The van der Waals surface area contributed by atoms with Gasteiger partial charge < -0.3 is 24.1 Å². The fourth-order valence-corrected chi connectivity index (χ4v) is 3.89. The summed E-state index contributed by atoms with van der Waals surface area (Å²) in [5.74, 6) is 0.499. The molecule has 0 fully saturated rings. The van der Waals surface area contributed by atoms with Crippen molar-refractivity contribution >= 4 is 40.3 Å². The fourth-order valence-electron chi connectivity index (χ4n) is 3.38. The van der Waals surface area contributed by atoms with E-state index in [0.29, 0.717) is 22.9 Å². The molecule has 186 valence electrons. The Kier molecular flexibility index (Phi) is 8.13. The lowest BCUT2D eigenvalue weighted by Crippen LogP contribution is -2.30. The predicted octanol–water partition coefficient (Wildman–Crippen LogP) is 4.52. The van der Waals surface area contributed by atoms with Crippen molar-refractivity contribution in [3.05, 3.63) is 88.0 Å². The van der Waals surface area contributed by atoms with Crippen molar-refractivity contribution in [1.82, 2.24) is 5.48 Å². The van der Waals surface area contributed by atoms with Crippen molar-refractivity contribution < 1.29 is 38.9 Å². The Bertz CT molecular complexity index is 1270. The van der Waals surface area contributed by atoms with Crippen molar-refractivity contribution in [2.45, 2.75) is 12.2 Å². The van der Waals surface area contributed by atoms with Gasteiger partial charge in [0.1, 0.15) is 11.5 Å². The number of halogens is 1. The van der Waals surface area contributed by atoms with E-state index < -0.39 is 24.2 Å². The zero-order valence-electron chi connectivity index (χ0n) is 18.6. The van der Waals surface area contributed by atoms with Gasteiger partial charge in [-0.25, -0.2) is 10.3 Å². The largest absolute Gasteiger partial charge is 0.508 e. The van der Waals surface area contributed by atoms with Crippen molar-refractivity contribution in [3.8, 4) is 23.0 Å². The first-order chi connectivity index (χ1) is 17.4. The van der Waals surface area contributed by atoms with Crippen LogP contribution in [0.2, 0.25) is 0 Å². The van der Waals surface area contributed by atoms with E-state index in [9.17, 15) is 14.7 Å². The van der Waals surface area contributed by atoms with Gasteiger partial charge in [0, 0.05) is 27.0 Å². The summed E-state index contributed by atoms with van der Waals surface area (Å²) in [7, 11) is 0. The van der Waals surface area contributed by atoms with E-state index in [-0.39, 0.29) is 18.1 Å². The molecule has 3 aromatic carbocycles. The van der Waals surface area contributed by atoms with Gasteiger partial charge in [0.05, 0.1) is 0 Å². The Labute approximate surface area is 219 Å². The topological polar surface area (TPSA) is 136 Å². The average molecular weight is 604 g/mol. The summed E-state index contributed by atoms with van der Waals surface area (Å²) in [5, 5.41) is 22.1. The van der Waals surface area contributed by atoms with E-state index in [1.165, 1.54) is 17.6 Å². The molecule has 1 aliphatic heterocycles. The summed E-state index contributed by atoms with van der Waals surface area (Å²) in [6.07, 6.45) is -0.770. The fraction of sp³-hybridized carbons (Fsp3) is 0.120. The van der Waals surface area contributed by atoms with Crippen molar-refractivity contribution in [2.75, 3.05) is 12.1 Å². The highest BCUT2D eigenvalue weighted by Gasteiger charge is 2.30. The summed E-state index contributed by atoms with van der Waals surface area (Å²) in [6, 6.07) is 18.3. The Hall–Kier alpha value is -3.97. The number of hydroxylamine groups is 1. The molecule has 0 bridgehead atoms. The lowest BCUT2D eigenvalue weighted by atomic mass is 10.0. The van der Waals surface area contributed by atoms with Gasteiger partial charge in [-0.15, -0.1) is 0 Å². The van der Waals surface area contributed by atoms with Crippen LogP contribution in [-0.4, -0.2) is 35.2 Å². The van der Waals surface area contributed by atoms with E-state index in [0.717, 1.165) is 9.65 Å². The van der Waals surface area contributed by atoms with Gasteiger partial charge in [-0.1, -0.05) is 18.2 Å². The monoisotopic (exact) mass is 604 g/mol. The smallest absolute Gasteiger partial charge is 0.412 e. The van der Waals surface area contributed by atoms with Crippen LogP contribution in [0.15, 0.2) is 78.9 Å². The molecule has 0 saturated carbocycles. The maximum Gasteiger partial charge on any atom is 0.412 e. The minimum atomic E-state index is -1.20. The number of carbonyl (C=O) groups is 2. The number of aromatic hydroxyl groups is 1. The third kappa shape index (κ3) is 6.37. The Morgan fingerprint density at radius 1 is 1.03 bits per heavy atom. The molecule has 2 amide bonds. The SMILES string of the molecule is O=C(/C=C/[C@H](Oc1ccccc1)[C@@H](OC(=O)Nc1ccc2c(c1)OCO2)c1cc(I)ccc1O)NO. The van der Waals surface area contributed by atoms with Gasteiger partial charge in [0.2, 0.25) is 6.79 Å². The van der Waals surface area contributed by atoms with Gasteiger partial charge in [0.25, 0.3) is 5.91 Å². The predicted molar refractivity (Wildman–Crippen MR) is 136 cm³/mol. The summed E-state index contributed by atoms with van der Waals surface area (Å²) < 4.78 is 23.1. The van der Waals surface area contributed by atoms with Crippen LogP contribution in [0.1, 0.15) is 11.7 Å². The van der Waals surface area contributed by atoms with Crippen LogP contribution in [-0.2, 0) is 9.53 Å². The molecule has 0 radical (unpaired) electrons. The molecule has 3 aromatic rings. The first kappa shape index (κ1) is 25.1. The normalized spacial score (nSPS) is 13.6. The number of phenols is 1. The number of phenolic OH excluding ortho intramolecular Hbond substituents is 1. The quantitative estimate of drug-likeness (QED) is 0.128. The van der Waals surface area contributed by atoms with Crippen molar-refractivity contribution in [1.29, 1.82) is 0 Å². The molecule has 0 saturated heterocycles. The number of ether oxygens (including phenoxy) is 4. The minimum absolute atomic E-state index is 0.0868. The van der Waals surface area contributed by atoms with Gasteiger partial charge in [-0.05, 0) is 71.1 Å². The molecule has 0 aliphatic carbocycles. The number of benzene rings is 3. The van der Waals surface area contributed by atoms with Crippen LogP contribution in [0.25, 0.3) is 0 Å². The highest BCUT2D eigenvalue weighted by molar-refractivity contribution is 14.1. The third-order valence-corrected chi connectivity index (χ3v) is 5.68. The maximum absolute atomic E-state index is 13.0. The molecule has 1 heterocycles. The molecule has 4 N–H and O–H groups in total. The number of para-hydroxylation sites is 1. The first-order valence-electron chi connectivity index (χ1n) is 10.6. The Morgan fingerprint density at radius 2 is 1.81 bits per heavy atom. The molecule has 11 heteroatoms. The molecule has 0 aromatic heterocycles. The molecular formula is C25H21IN2O8. The molecule has 36 heavy (non-hydrogen) atoms. The Morgan fingerprint density at radius 3 is 2.58 bits per heavy atom. The second-order valence-electron chi connectivity index (χ2n) is 7.45. The number of amides is 2. The number of carbonyl (C=O) groups excluding carboxylic acids is 2. The lowest BCUT2D eigenvalue weighted by molar-refractivity contribution is -0.124. The van der Waals surface area contributed by atoms with Crippen LogP contribution >= 0.6 is 22.6 Å². The van der Waals surface area contributed by atoms with Gasteiger partial charge in [0.15, 0.2) is 23.7 Å². The zero-order valence-corrected chi connectivity index (χ0v) is 20.7.